The van der Waals surface area contributed by atoms with Crippen molar-refractivity contribution in [2.24, 2.45) is 0 Å². The van der Waals surface area contributed by atoms with Gasteiger partial charge in [0.15, 0.2) is 0 Å². The van der Waals surface area contributed by atoms with Crippen LogP contribution in [0.25, 0.3) is 0 Å². The Hall–Kier alpha value is -2.74. The van der Waals surface area contributed by atoms with Crippen LogP contribution >= 0.6 is 11.3 Å². The molecule has 2 amide bonds. The molecule has 2 rings (SSSR count). The number of aryl methyl sites for hydroxylation is 1. The van der Waals surface area contributed by atoms with Crippen LogP contribution in [0.2, 0.25) is 0 Å². The molecule has 0 aliphatic carbocycles. The third kappa shape index (κ3) is 4.88. The van der Waals surface area contributed by atoms with E-state index in [1.807, 2.05) is 5.38 Å². The van der Waals surface area contributed by atoms with Crippen LogP contribution in [0.3, 0.4) is 0 Å². The van der Waals surface area contributed by atoms with Crippen LogP contribution in [0.4, 0.5) is 11.4 Å². The second-order valence-electron chi connectivity index (χ2n) is 5.18. The van der Waals surface area contributed by atoms with E-state index in [2.05, 4.69) is 10.6 Å². The number of hydrogen-bond acceptors (Lipinski definition) is 5. The number of nitro groups is 1. The highest BCUT2D eigenvalue weighted by Crippen LogP contribution is 2.22. The fraction of sp³-hybridized carbons (Fsp3) is 0.250. The van der Waals surface area contributed by atoms with E-state index < -0.39 is 4.92 Å². The number of non-ortho nitro benzene ring substituents is 1. The van der Waals surface area contributed by atoms with Gasteiger partial charge in [0.1, 0.15) is 0 Å². The van der Waals surface area contributed by atoms with E-state index in [-0.39, 0.29) is 23.9 Å². The van der Waals surface area contributed by atoms with Gasteiger partial charge in [-0.2, -0.15) is 11.3 Å². The highest BCUT2D eigenvalue weighted by Gasteiger charge is 2.11. The largest absolute Gasteiger partial charge is 0.352 e. The van der Waals surface area contributed by atoms with Gasteiger partial charge in [0.2, 0.25) is 5.91 Å². The highest BCUT2D eigenvalue weighted by atomic mass is 32.1. The van der Waals surface area contributed by atoms with Gasteiger partial charge in [-0.15, -0.1) is 0 Å². The normalized spacial score (nSPS) is 10.2. The van der Waals surface area contributed by atoms with Crippen molar-refractivity contribution in [1.82, 2.24) is 5.32 Å². The molecule has 8 heteroatoms. The zero-order valence-corrected chi connectivity index (χ0v) is 13.9. The minimum atomic E-state index is -0.505. The Balaban J connectivity index is 1.78. The molecule has 0 bridgehead atoms. The number of benzene rings is 1. The second kappa shape index (κ2) is 8.21. The van der Waals surface area contributed by atoms with Gasteiger partial charge in [0.25, 0.3) is 11.6 Å². The lowest BCUT2D eigenvalue weighted by Gasteiger charge is -2.08. The van der Waals surface area contributed by atoms with Crippen molar-refractivity contribution in [2.45, 2.75) is 19.8 Å². The molecule has 0 saturated carbocycles. The molecule has 0 spiro atoms. The van der Waals surface area contributed by atoms with E-state index >= 15 is 0 Å². The van der Waals surface area contributed by atoms with E-state index in [9.17, 15) is 19.7 Å². The van der Waals surface area contributed by atoms with Crippen molar-refractivity contribution in [3.05, 3.63) is 56.3 Å². The molecule has 0 saturated heterocycles. The Morgan fingerprint density at radius 2 is 2.08 bits per heavy atom. The standard InChI is InChI=1S/C16H17N3O4S/c1-11-4-5-13(19(22)23)9-14(11)18-15(20)3-2-7-17-16(21)12-6-8-24-10-12/h4-6,8-10H,2-3,7H2,1H3,(H,17,21)(H,18,20). The number of nitrogens with zero attached hydrogens (tertiary/aromatic N) is 1. The number of nitrogens with one attached hydrogen (secondary N) is 2. The number of thiophene rings is 1. The first-order valence-electron chi connectivity index (χ1n) is 7.32. The highest BCUT2D eigenvalue weighted by molar-refractivity contribution is 7.08. The van der Waals surface area contributed by atoms with Crippen molar-refractivity contribution in [3.8, 4) is 0 Å². The Kier molecular flexibility index (Phi) is 6.02. The second-order valence-corrected chi connectivity index (χ2v) is 5.96. The molecule has 0 atom stereocenters. The summed E-state index contributed by atoms with van der Waals surface area (Å²) in [5, 5.41) is 19.8. The maximum Gasteiger partial charge on any atom is 0.271 e. The topological polar surface area (TPSA) is 101 Å². The molecule has 24 heavy (non-hydrogen) atoms. The van der Waals surface area contributed by atoms with Crippen molar-refractivity contribution in [3.63, 3.8) is 0 Å². The molecule has 1 aromatic heterocycles. The molecule has 1 heterocycles. The van der Waals surface area contributed by atoms with Gasteiger partial charge in [-0.3, -0.25) is 19.7 Å². The molecule has 2 aromatic rings. The molecule has 0 aliphatic heterocycles. The smallest absolute Gasteiger partial charge is 0.271 e. The fourth-order valence-corrected chi connectivity index (χ4v) is 2.65. The minimum Gasteiger partial charge on any atom is -0.352 e. The van der Waals surface area contributed by atoms with E-state index in [0.717, 1.165) is 5.56 Å². The lowest BCUT2D eigenvalue weighted by atomic mass is 10.1. The Morgan fingerprint density at radius 3 is 2.75 bits per heavy atom. The van der Waals surface area contributed by atoms with Gasteiger partial charge in [-0.1, -0.05) is 6.07 Å². The Morgan fingerprint density at radius 1 is 1.29 bits per heavy atom. The van der Waals surface area contributed by atoms with Crippen molar-refractivity contribution < 1.29 is 14.5 Å². The Labute approximate surface area is 142 Å². The van der Waals surface area contributed by atoms with Gasteiger partial charge in [0, 0.05) is 36.0 Å². The first-order chi connectivity index (χ1) is 11.5. The zero-order chi connectivity index (χ0) is 17.5. The first kappa shape index (κ1) is 17.6. The van der Waals surface area contributed by atoms with Crippen LogP contribution in [0.15, 0.2) is 35.0 Å². The Bertz CT molecular complexity index is 744. The van der Waals surface area contributed by atoms with Gasteiger partial charge in [0.05, 0.1) is 10.6 Å². The minimum absolute atomic E-state index is 0.0704. The molecular weight excluding hydrogens is 330 g/mol. The molecule has 126 valence electrons. The molecule has 7 nitrogen and oxygen atoms in total. The molecule has 0 radical (unpaired) electrons. The van der Waals surface area contributed by atoms with Crippen LogP contribution < -0.4 is 10.6 Å². The summed E-state index contributed by atoms with van der Waals surface area (Å²) < 4.78 is 0. The van der Waals surface area contributed by atoms with Crippen LogP contribution in [-0.4, -0.2) is 23.3 Å². The van der Waals surface area contributed by atoms with Crippen LogP contribution in [0, 0.1) is 17.0 Å². The summed E-state index contributed by atoms with van der Waals surface area (Å²) in [6.45, 7) is 2.15. The van der Waals surface area contributed by atoms with Gasteiger partial charge in [-0.25, -0.2) is 0 Å². The number of carbonyl (C=O) groups excluding carboxylic acids is 2. The summed E-state index contributed by atoms with van der Waals surface area (Å²) in [5.41, 5.74) is 1.71. The average Bonchev–Trinajstić information content (AvgIpc) is 3.07. The summed E-state index contributed by atoms with van der Waals surface area (Å²) in [6, 6.07) is 6.06. The van der Waals surface area contributed by atoms with Crippen LogP contribution in [0.1, 0.15) is 28.8 Å². The summed E-state index contributed by atoms with van der Waals surface area (Å²) in [5.74, 6) is -0.408. The monoisotopic (exact) mass is 347 g/mol. The lowest BCUT2D eigenvalue weighted by Crippen LogP contribution is -2.25. The average molecular weight is 347 g/mol. The first-order valence-corrected chi connectivity index (χ1v) is 8.27. The molecule has 0 fully saturated rings. The summed E-state index contributed by atoms with van der Waals surface area (Å²) in [4.78, 5) is 33.9. The molecule has 0 unspecified atom stereocenters. The lowest BCUT2D eigenvalue weighted by molar-refractivity contribution is -0.384. The van der Waals surface area contributed by atoms with E-state index in [0.29, 0.717) is 24.2 Å². The number of rotatable bonds is 7. The number of amides is 2. The van der Waals surface area contributed by atoms with Gasteiger partial charge in [-0.05, 0) is 30.4 Å². The summed E-state index contributed by atoms with van der Waals surface area (Å²) in [6.07, 6.45) is 0.696. The van der Waals surface area contributed by atoms with Crippen molar-refractivity contribution in [1.29, 1.82) is 0 Å². The number of hydrogen-bond donors (Lipinski definition) is 2. The zero-order valence-electron chi connectivity index (χ0n) is 13.1. The van der Waals surface area contributed by atoms with E-state index in [1.54, 1.807) is 24.4 Å². The van der Waals surface area contributed by atoms with Crippen molar-refractivity contribution in [2.75, 3.05) is 11.9 Å². The predicted octanol–water partition coefficient (Wildman–Crippen LogP) is 3.11. The van der Waals surface area contributed by atoms with E-state index in [1.165, 1.54) is 23.5 Å². The number of nitro benzene ring substituents is 1. The maximum absolute atomic E-state index is 11.9. The number of carbonyl (C=O) groups is 2. The maximum atomic E-state index is 11.9. The van der Waals surface area contributed by atoms with Gasteiger partial charge >= 0.3 is 0 Å². The third-order valence-corrected chi connectivity index (χ3v) is 4.04. The predicted molar refractivity (Wildman–Crippen MR) is 92.3 cm³/mol. The molecule has 2 N–H and O–H groups in total. The summed E-state index contributed by atoms with van der Waals surface area (Å²) >= 11 is 1.44. The van der Waals surface area contributed by atoms with Crippen LogP contribution in [-0.2, 0) is 4.79 Å². The molecule has 1 aromatic carbocycles. The SMILES string of the molecule is Cc1ccc([N+](=O)[O-])cc1NC(=O)CCCNC(=O)c1ccsc1. The van der Waals surface area contributed by atoms with E-state index in [4.69, 9.17) is 0 Å². The fourth-order valence-electron chi connectivity index (χ4n) is 2.02. The van der Waals surface area contributed by atoms with Crippen LogP contribution in [0.5, 0.6) is 0 Å². The van der Waals surface area contributed by atoms with Crippen molar-refractivity contribution >= 4 is 34.5 Å². The summed E-state index contributed by atoms with van der Waals surface area (Å²) in [7, 11) is 0. The molecule has 0 aliphatic rings. The third-order valence-electron chi connectivity index (χ3n) is 3.36. The number of anilines is 1. The quantitative estimate of drug-likeness (QED) is 0.456. The molecular formula is C16H17N3O4S. The van der Waals surface area contributed by atoms with Gasteiger partial charge < -0.3 is 10.6 Å².